The van der Waals surface area contributed by atoms with Crippen molar-refractivity contribution < 1.29 is 4.74 Å². The molecule has 1 rings (SSSR count). The first-order valence-electron chi connectivity index (χ1n) is 3.84. The minimum absolute atomic E-state index is 0.900. The predicted octanol–water partition coefficient (Wildman–Crippen LogP) is 0.895. The Hall–Kier alpha value is -0.340. The first kappa shape index (κ1) is 7.76. The van der Waals surface area contributed by atoms with E-state index in [0.717, 1.165) is 32.8 Å². The maximum atomic E-state index is 5.21. The van der Waals surface area contributed by atoms with Crippen LogP contribution in [0, 0.1) is 0 Å². The first-order valence-corrected chi connectivity index (χ1v) is 3.84. The maximum Gasteiger partial charge on any atom is 0.0594 e. The zero-order chi connectivity index (χ0) is 7.23. The number of hydrogen-bond acceptors (Lipinski definition) is 2. The smallest absolute Gasteiger partial charge is 0.0594 e. The molecule has 0 atom stereocenters. The van der Waals surface area contributed by atoms with Crippen LogP contribution in [-0.4, -0.2) is 37.7 Å². The minimum atomic E-state index is 0.900. The Morgan fingerprint density at radius 2 is 2.10 bits per heavy atom. The summed E-state index contributed by atoms with van der Waals surface area (Å²) >= 11 is 0. The van der Waals surface area contributed by atoms with Crippen molar-refractivity contribution >= 4 is 0 Å². The lowest BCUT2D eigenvalue weighted by molar-refractivity contribution is 0.0434. The van der Waals surface area contributed by atoms with Gasteiger partial charge in [-0.25, -0.2) is 0 Å². The second-order valence-electron chi connectivity index (χ2n) is 2.48. The lowest BCUT2D eigenvalue weighted by Crippen LogP contribution is -2.36. The molecular weight excluding hydrogens is 126 g/mol. The summed E-state index contributed by atoms with van der Waals surface area (Å²) in [4.78, 5) is 2.39. The molecule has 1 aliphatic heterocycles. The van der Waals surface area contributed by atoms with E-state index < -0.39 is 0 Å². The van der Waals surface area contributed by atoms with Crippen LogP contribution in [0.1, 0.15) is 6.92 Å². The summed E-state index contributed by atoms with van der Waals surface area (Å²) in [6, 6.07) is 0. The van der Waals surface area contributed by atoms with Gasteiger partial charge in [-0.2, -0.15) is 0 Å². The third-order valence-corrected chi connectivity index (χ3v) is 1.70. The predicted molar refractivity (Wildman–Crippen MR) is 42.1 cm³/mol. The Bertz CT molecular complexity index is 106. The second-order valence-corrected chi connectivity index (χ2v) is 2.48. The van der Waals surface area contributed by atoms with Gasteiger partial charge in [0, 0.05) is 19.6 Å². The fraction of sp³-hybridized carbons (Fsp3) is 0.750. The molecule has 0 aromatic heterocycles. The lowest BCUT2D eigenvalue weighted by Gasteiger charge is -2.24. The summed E-state index contributed by atoms with van der Waals surface area (Å²) in [6.07, 6.45) is 4.28. The van der Waals surface area contributed by atoms with E-state index in [9.17, 15) is 0 Å². The summed E-state index contributed by atoms with van der Waals surface area (Å²) in [7, 11) is 0. The quantitative estimate of drug-likeness (QED) is 0.530. The molecule has 1 fully saturated rings. The molecule has 0 amide bonds. The number of ether oxygens (including phenoxy) is 1. The second kappa shape index (κ2) is 4.47. The van der Waals surface area contributed by atoms with E-state index in [4.69, 9.17) is 4.74 Å². The Balaban J connectivity index is 2.13. The molecule has 0 aromatic carbocycles. The van der Waals surface area contributed by atoms with Gasteiger partial charge in [-0.15, -0.1) is 0 Å². The molecule has 10 heavy (non-hydrogen) atoms. The van der Waals surface area contributed by atoms with Gasteiger partial charge in [0.15, 0.2) is 0 Å². The molecule has 0 saturated carbocycles. The Morgan fingerprint density at radius 1 is 1.40 bits per heavy atom. The van der Waals surface area contributed by atoms with Gasteiger partial charge in [-0.05, 0) is 6.92 Å². The molecule has 0 radical (unpaired) electrons. The third kappa shape index (κ3) is 2.50. The fourth-order valence-corrected chi connectivity index (χ4v) is 1.04. The lowest BCUT2D eigenvalue weighted by atomic mass is 10.4. The van der Waals surface area contributed by atoms with Crippen molar-refractivity contribution in [2.24, 2.45) is 0 Å². The van der Waals surface area contributed by atoms with Gasteiger partial charge < -0.3 is 4.74 Å². The van der Waals surface area contributed by atoms with Crippen LogP contribution in [0.15, 0.2) is 12.2 Å². The van der Waals surface area contributed by atoms with Crippen molar-refractivity contribution in [3.8, 4) is 0 Å². The van der Waals surface area contributed by atoms with Gasteiger partial charge >= 0.3 is 0 Å². The summed E-state index contributed by atoms with van der Waals surface area (Å²) in [5.41, 5.74) is 0. The number of rotatable bonds is 2. The average Bonchev–Trinajstić information content (AvgIpc) is 2.03. The number of nitrogens with zero attached hydrogens (tertiary/aromatic N) is 1. The van der Waals surface area contributed by atoms with E-state index in [1.54, 1.807) is 0 Å². The van der Waals surface area contributed by atoms with Crippen molar-refractivity contribution in [3.05, 3.63) is 12.2 Å². The fourth-order valence-electron chi connectivity index (χ4n) is 1.04. The SMILES string of the molecule is C/C=C/CN1CCOCC1. The van der Waals surface area contributed by atoms with Crippen LogP contribution in [0.5, 0.6) is 0 Å². The van der Waals surface area contributed by atoms with E-state index in [1.807, 2.05) is 0 Å². The Kier molecular flexibility index (Phi) is 3.47. The van der Waals surface area contributed by atoms with Crippen LogP contribution in [0.3, 0.4) is 0 Å². The number of allylic oxidation sites excluding steroid dienone is 1. The van der Waals surface area contributed by atoms with Crippen molar-refractivity contribution in [1.82, 2.24) is 4.90 Å². The molecule has 1 saturated heterocycles. The molecule has 0 aromatic rings. The maximum absolute atomic E-state index is 5.21. The molecule has 1 heterocycles. The topological polar surface area (TPSA) is 12.5 Å². The number of hydrogen-bond donors (Lipinski definition) is 0. The molecule has 0 spiro atoms. The van der Waals surface area contributed by atoms with Gasteiger partial charge in [0.05, 0.1) is 13.2 Å². The van der Waals surface area contributed by atoms with E-state index in [0.29, 0.717) is 0 Å². The van der Waals surface area contributed by atoms with Crippen LogP contribution in [0.25, 0.3) is 0 Å². The number of morpholine rings is 1. The van der Waals surface area contributed by atoms with Crippen molar-refractivity contribution in [2.45, 2.75) is 6.92 Å². The highest BCUT2D eigenvalue weighted by Crippen LogP contribution is 1.95. The van der Waals surface area contributed by atoms with E-state index >= 15 is 0 Å². The van der Waals surface area contributed by atoms with Gasteiger partial charge in [0.25, 0.3) is 0 Å². The normalized spacial score (nSPS) is 22.1. The highest BCUT2D eigenvalue weighted by molar-refractivity contribution is 4.81. The molecule has 0 aliphatic carbocycles. The molecule has 2 nitrogen and oxygen atoms in total. The third-order valence-electron chi connectivity index (χ3n) is 1.70. The first-order chi connectivity index (χ1) is 4.93. The Morgan fingerprint density at radius 3 is 2.70 bits per heavy atom. The molecule has 0 unspecified atom stereocenters. The van der Waals surface area contributed by atoms with E-state index in [2.05, 4.69) is 24.0 Å². The summed E-state index contributed by atoms with van der Waals surface area (Å²) < 4.78 is 5.21. The van der Waals surface area contributed by atoms with Crippen LogP contribution in [0.2, 0.25) is 0 Å². The highest BCUT2D eigenvalue weighted by atomic mass is 16.5. The van der Waals surface area contributed by atoms with Crippen molar-refractivity contribution in [3.63, 3.8) is 0 Å². The van der Waals surface area contributed by atoms with Crippen LogP contribution in [0.4, 0.5) is 0 Å². The van der Waals surface area contributed by atoms with Crippen LogP contribution in [-0.2, 0) is 4.74 Å². The molecular formula is C8H15NO. The largest absolute Gasteiger partial charge is 0.379 e. The van der Waals surface area contributed by atoms with Gasteiger partial charge in [-0.1, -0.05) is 12.2 Å². The van der Waals surface area contributed by atoms with E-state index in [1.165, 1.54) is 0 Å². The molecule has 1 aliphatic rings. The van der Waals surface area contributed by atoms with Crippen molar-refractivity contribution in [1.29, 1.82) is 0 Å². The standard InChI is InChI=1S/C8H15NO/c1-2-3-4-9-5-7-10-8-6-9/h2-3H,4-8H2,1H3/b3-2+. The molecule has 0 bridgehead atoms. The van der Waals surface area contributed by atoms with Crippen LogP contribution >= 0.6 is 0 Å². The van der Waals surface area contributed by atoms with Crippen LogP contribution < -0.4 is 0 Å². The highest BCUT2D eigenvalue weighted by Gasteiger charge is 2.06. The molecule has 2 heteroatoms. The van der Waals surface area contributed by atoms with Gasteiger partial charge in [0.2, 0.25) is 0 Å². The van der Waals surface area contributed by atoms with Gasteiger partial charge in [-0.3, -0.25) is 4.90 Å². The summed E-state index contributed by atoms with van der Waals surface area (Å²) in [6.45, 7) is 7.12. The zero-order valence-corrected chi connectivity index (χ0v) is 6.55. The zero-order valence-electron chi connectivity index (χ0n) is 6.55. The monoisotopic (exact) mass is 141 g/mol. The minimum Gasteiger partial charge on any atom is -0.379 e. The molecule has 58 valence electrons. The Labute approximate surface area is 62.5 Å². The average molecular weight is 141 g/mol. The summed E-state index contributed by atoms with van der Waals surface area (Å²) in [5, 5.41) is 0. The van der Waals surface area contributed by atoms with Crippen molar-refractivity contribution in [2.75, 3.05) is 32.8 Å². The van der Waals surface area contributed by atoms with Gasteiger partial charge in [0.1, 0.15) is 0 Å². The summed E-state index contributed by atoms with van der Waals surface area (Å²) in [5.74, 6) is 0. The van der Waals surface area contributed by atoms with E-state index in [-0.39, 0.29) is 0 Å². The molecule has 0 N–H and O–H groups in total.